The lowest BCUT2D eigenvalue weighted by Crippen LogP contribution is -2.55. The molecule has 1 rings (SSSR count). The zero-order valence-corrected chi connectivity index (χ0v) is 24.0. The molecule has 180 valence electrons. The Morgan fingerprint density at radius 1 is 0.867 bits per heavy atom. The first-order valence-corrected chi connectivity index (χ1v) is 18.2. The zero-order chi connectivity index (χ0) is 23.9. The van der Waals surface area contributed by atoms with Gasteiger partial charge in [0.2, 0.25) is 0 Å². The minimum absolute atomic E-state index is 0.0141. The predicted octanol–water partition coefficient (Wildman–Crippen LogP) is 4.50. The molecule has 0 aromatic heterocycles. The summed E-state index contributed by atoms with van der Waals surface area (Å²) < 4.78 is 54.1. The van der Waals surface area contributed by atoms with Crippen molar-refractivity contribution >= 4 is 26.8 Å². The molecular weight excluding hydrogens is 440 g/mol. The van der Waals surface area contributed by atoms with Gasteiger partial charge >= 0.3 is 0 Å². The molecule has 10 heteroatoms. The van der Waals surface area contributed by atoms with Crippen LogP contribution in [0.2, 0.25) is 36.3 Å². The van der Waals surface area contributed by atoms with E-state index >= 15 is 0 Å². The van der Waals surface area contributed by atoms with Crippen molar-refractivity contribution < 1.29 is 30.9 Å². The Hall–Kier alpha value is 0.184. The lowest BCUT2D eigenvalue weighted by molar-refractivity contribution is -0.156. The van der Waals surface area contributed by atoms with Gasteiger partial charge in [0.25, 0.3) is 10.1 Å². The van der Waals surface area contributed by atoms with Crippen molar-refractivity contribution in [1.82, 2.24) is 0 Å². The average molecular weight is 485 g/mol. The molecule has 0 spiro atoms. The number of rotatable bonds is 8. The molecule has 0 aliphatic carbocycles. The summed E-state index contributed by atoms with van der Waals surface area (Å²) in [5, 5.41) is -0.0507. The van der Waals surface area contributed by atoms with Crippen LogP contribution in [0.5, 0.6) is 0 Å². The molecule has 0 aromatic carbocycles. The number of hydrogen-bond acceptors (Lipinski definition) is 7. The van der Waals surface area contributed by atoms with Gasteiger partial charge in [-0.3, -0.25) is 4.18 Å². The van der Waals surface area contributed by atoms with Crippen LogP contribution in [-0.4, -0.2) is 69.1 Å². The van der Waals surface area contributed by atoms with Crippen molar-refractivity contribution in [1.29, 1.82) is 0 Å². The molecule has 0 radical (unpaired) electrons. The summed E-state index contributed by atoms with van der Waals surface area (Å²) >= 11 is 0. The van der Waals surface area contributed by atoms with E-state index in [2.05, 4.69) is 67.7 Å². The number of ether oxygens (including phenoxy) is 2. The fourth-order valence-electron chi connectivity index (χ4n) is 2.84. The summed E-state index contributed by atoms with van der Waals surface area (Å²) in [5.74, 6) is 0. The van der Waals surface area contributed by atoms with E-state index in [0.717, 1.165) is 6.26 Å². The Morgan fingerprint density at radius 2 is 1.27 bits per heavy atom. The van der Waals surface area contributed by atoms with Gasteiger partial charge < -0.3 is 18.3 Å². The Kier molecular flexibility index (Phi) is 8.66. The quantitative estimate of drug-likeness (QED) is 0.370. The van der Waals surface area contributed by atoms with Crippen LogP contribution in [0.15, 0.2) is 0 Å². The maximum absolute atomic E-state index is 11.8. The van der Waals surface area contributed by atoms with E-state index in [9.17, 15) is 8.42 Å². The predicted molar refractivity (Wildman–Crippen MR) is 125 cm³/mol. The molecule has 1 aliphatic heterocycles. The maximum atomic E-state index is 11.8. The Labute approximate surface area is 186 Å². The molecule has 0 N–H and O–H groups in total. The van der Waals surface area contributed by atoms with Crippen LogP contribution >= 0.6 is 0 Å². The molecule has 0 aromatic rings. The summed E-state index contributed by atoms with van der Waals surface area (Å²) in [6.07, 6.45) is -1.96. The molecule has 0 amide bonds. The fraction of sp³-hybridized carbons (Fsp3) is 1.00. The highest BCUT2D eigenvalue weighted by atomic mass is 32.2. The fourth-order valence-corrected chi connectivity index (χ4v) is 6.08. The van der Waals surface area contributed by atoms with E-state index in [1.54, 1.807) is 14.0 Å². The summed E-state index contributed by atoms with van der Waals surface area (Å²) in [6, 6.07) is 0. The molecule has 1 heterocycles. The van der Waals surface area contributed by atoms with Gasteiger partial charge in [-0.15, -0.1) is 0 Å². The first-order valence-electron chi connectivity index (χ1n) is 10.5. The summed E-state index contributed by atoms with van der Waals surface area (Å²) in [4.78, 5) is 0. The van der Waals surface area contributed by atoms with Crippen molar-refractivity contribution in [3.8, 4) is 0 Å². The van der Waals surface area contributed by atoms with Crippen molar-refractivity contribution in [3.05, 3.63) is 0 Å². The second-order valence-electron chi connectivity index (χ2n) is 11.4. The third-order valence-corrected chi connectivity index (χ3v) is 16.3. The summed E-state index contributed by atoms with van der Waals surface area (Å²) in [5.41, 5.74) is 0. The smallest absolute Gasteiger partial charge is 0.264 e. The third kappa shape index (κ3) is 6.84. The van der Waals surface area contributed by atoms with Gasteiger partial charge in [-0.2, -0.15) is 8.42 Å². The van der Waals surface area contributed by atoms with Gasteiger partial charge in [0.1, 0.15) is 24.4 Å². The van der Waals surface area contributed by atoms with E-state index in [-0.39, 0.29) is 10.1 Å². The van der Waals surface area contributed by atoms with Crippen molar-refractivity contribution in [3.63, 3.8) is 0 Å². The first-order chi connectivity index (χ1) is 13.1. The Morgan fingerprint density at radius 3 is 1.60 bits per heavy atom. The lowest BCUT2D eigenvalue weighted by Gasteiger charge is -2.44. The van der Waals surface area contributed by atoms with E-state index in [1.807, 2.05) is 0 Å². The van der Waals surface area contributed by atoms with Crippen LogP contribution < -0.4 is 0 Å². The molecule has 5 atom stereocenters. The Bertz CT molecular complexity index is 680. The SMILES string of the molecule is CO[C@H]1O[C@H]([C@@H](C)OS(C)(=O)=O)[C@@H](O[Si](C)(C)C(C)(C)C)[C@@H]1O[Si](C)(C)C(C)(C)C. The van der Waals surface area contributed by atoms with Crippen molar-refractivity contribution in [2.45, 2.75) is 115 Å². The lowest BCUT2D eigenvalue weighted by atomic mass is 10.1. The molecule has 1 aliphatic rings. The highest BCUT2D eigenvalue weighted by molar-refractivity contribution is 7.86. The van der Waals surface area contributed by atoms with Gasteiger partial charge in [-0.25, -0.2) is 0 Å². The first kappa shape index (κ1) is 28.2. The van der Waals surface area contributed by atoms with Crippen LogP contribution in [0.3, 0.4) is 0 Å². The molecule has 1 saturated heterocycles. The van der Waals surface area contributed by atoms with Crippen LogP contribution in [-0.2, 0) is 32.6 Å². The van der Waals surface area contributed by atoms with Gasteiger partial charge in [0, 0.05) is 7.11 Å². The van der Waals surface area contributed by atoms with E-state index in [4.69, 9.17) is 22.5 Å². The molecule has 0 unspecified atom stereocenters. The van der Waals surface area contributed by atoms with Crippen LogP contribution in [0.1, 0.15) is 48.5 Å². The number of methoxy groups -OCH3 is 1. The third-order valence-electron chi connectivity index (χ3n) is 6.70. The van der Waals surface area contributed by atoms with Crippen molar-refractivity contribution in [2.75, 3.05) is 13.4 Å². The van der Waals surface area contributed by atoms with Crippen LogP contribution in [0.4, 0.5) is 0 Å². The zero-order valence-electron chi connectivity index (χ0n) is 21.2. The van der Waals surface area contributed by atoms with Crippen LogP contribution in [0, 0.1) is 0 Å². The molecule has 7 nitrogen and oxygen atoms in total. The van der Waals surface area contributed by atoms with Gasteiger partial charge in [0.15, 0.2) is 22.9 Å². The molecule has 0 saturated carbocycles. The van der Waals surface area contributed by atoms with E-state index in [0.29, 0.717) is 0 Å². The summed E-state index contributed by atoms with van der Waals surface area (Å²) in [7, 11) is -6.50. The molecule has 30 heavy (non-hydrogen) atoms. The van der Waals surface area contributed by atoms with Gasteiger partial charge in [-0.1, -0.05) is 41.5 Å². The maximum Gasteiger partial charge on any atom is 0.264 e. The highest BCUT2D eigenvalue weighted by Gasteiger charge is 2.55. The highest BCUT2D eigenvalue weighted by Crippen LogP contribution is 2.44. The van der Waals surface area contributed by atoms with E-state index < -0.39 is 57.5 Å². The van der Waals surface area contributed by atoms with Gasteiger partial charge in [0.05, 0.1) is 6.26 Å². The largest absolute Gasteiger partial charge is 0.408 e. The molecule has 0 bridgehead atoms. The van der Waals surface area contributed by atoms with Gasteiger partial charge in [-0.05, 0) is 43.2 Å². The molecular formula is C20H44O7SSi2. The monoisotopic (exact) mass is 484 g/mol. The minimum Gasteiger partial charge on any atom is -0.408 e. The normalized spacial score (nSPS) is 28.0. The Balaban J connectivity index is 3.39. The second-order valence-corrected chi connectivity index (χ2v) is 22.5. The topological polar surface area (TPSA) is 80.3 Å². The van der Waals surface area contributed by atoms with Crippen molar-refractivity contribution in [2.24, 2.45) is 0 Å². The minimum atomic E-state index is -3.65. The van der Waals surface area contributed by atoms with E-state index in [1.165, 1.54) is 0 Å². The average Bonchev–Trinajstić information content (AvgIpc) is 2.80. The second kappa shape index (κ2) is 9.20. The van der Waals surface area contributed by atoms with Crippen LogP contribution in [0.25, 0.3) is 0 Å². The standard InChI is InChI=1S/C20H44O7SSi2/c1-14(25-28(9,21)22)15-16(26-29(10,11)19(2,3)4)17(18(23-8)24-15)27-30(12,13)20(5,6)7/h14-18H,1-13H3/t14-,15-,16-,17+,18+/m1/s1. The summed E-state index contributed by atoms with van der Waals surface area (Å²) in [6.45, 7) is 23.4. The number of hydrogen-bond donors (Lipinski definition) is 0. The molecule has 1 fully saturated rings.